The van der Waals surface area contributed by atoms with E-state index in [2.05, 4.69) is 43.7 Å². The molecule has 1 heterocycles. The summed E-state index contributed by atoms with van der Waals surface area (Å²) in [5, 5.41) is 0. The molecule has 1 N–H and O–H groups in total. The monoisotopic (exact) mass is 340 g/mol. The summed E-state index contributed by atoms with van der Waals surface area (Å²) in [5.74, 6) is 0. The molecule has 1 fully saturated rings. The van der Waals surface area contributed by atoms with Crippen LogP contribution in [0.2, 0.25) is 0 Å². The maximum atomic E-state index is 5.47. The smallest absolute Gasteiger partial charge is 0.178 e. The van der Waals surface area contributed by atoms with Gasteiger partial charge in [0, 0.05) is 24.7 Å². The Kier molecular flexibility index (Phi) is 3.53. The quantitative estimate of drug-likeness (QED) is 0.823. The average molecular weight is 341 g/mol. The van der Waals surface area contributed by atoms with E-state index in [0.717, 1.165) is 34.3 Å². The van der Waals surface area contributed by atoms with E-state index in [-0.39, 0.29) is 0 Å². The van der Waals surface area contributed by atoms with E-state index in [9.17, 15) is 0 Å². The molecule has 3 rings (SSSR count). The Morgan fingerprint density at radius 3 is 2.95 bits per heavy atom. The van der Waals surface area contributed by atoms with Crippen molar-refractivity contribution in [2.75, 3.05) is 13.7 Å². The second-order valence-corrected chi connectivity index (χ2v) is 6.72. The van der Waals surface area contributed by atoms with Gasteiger partial charge in [-0.25, -0.2) is 0 Å². The molecular weight excluding hydrogens is 324 g/mol. The molecule has 0 aliphatic heterocycles. The maximum Gasteiger partial charge on any atom is 0.178 e. The van der Waals surface area contributed by atoms with Gasteiger partial charge in [0.25, 0.3) is 0 Å². The van der Waals surface area contributed by atoms with Crippen LogP contribution < -0.4 is 0 Å². The van der Waals surface area contributed by atoms with Crippen molar-refractivity contribution in [2.24, 2.45) is 5.41 Å². The highest BCUT2D eigenvalue weighted by molar-refractivity contribution is 9.10. The molecule has 1 saturated carbocycles. The van der Waals surface area contributed by atoms with Gasteiger partial charge in [-0.05, 0) is 55.1 Å². The number of fused-ring (bicyclic) bond motifs is 1. The van der Waals surface area contributed by atoms with E-state index in [1.807, 2.05) is 0 Å². The van der Waals surface area contributed by atoms with Gasteiger partial charge in [-0.15, -0.1) is 0 Å². The first-order valence-corrected chi connectivity index (χ1v) is 7.71. The maximum absolute atomic E-state index is 5.47. The lowest BCUT2D eigenvalue weighted by Crippen LogP contribution is -2.14. The van der Waals surface area contributed by atoms with Gasteiger partial charge in [0.1, 0.15) is 0 Å². The SMILES string of the molecule is COCCC1(Cn2c(=S)[nH]c3cc(Br)ccc32)CC1. The van der Waals surface area contributed by atoms with Gasteiger partial charge in [-0.1, -0.05) is 15.9 Å². The van der Waals surface area contributed by atoms with Crippen LogP contribution in [0.1, 0.15) is 19.3 Å². The summed E-state index contributed by atoms with van der Waals surface area (Å²) < 4.78 is 9.35. The van der Waals surface area contributed by atoms with Gasteiger partial charge in [-0.3, -0.25) is 0 Å². The predicted octanol–water partition coefficient (Wildman–Crippen LogP) is 4.28. The highest BCUT2D eigenvalue weighted by Gasteiger charge is 2.42. The largest absolute Gasteiger partial charge is 0.385 e. The van der Waals surface area contributed by atoms with Crippen molar-refractivity contribution in [1.29, 1.82) is 0 Å². The molecule has 0 bridgehead atoms. The first-order chi connectivity index (χ1) is 9.13. The first-order valence-electron chi connectivity index (χ1n) is 6.51. The third kappa shape index (κ3) is 2.64. The lowest BCUT2D eigenvalue weighted by Gasteiger charge is -2.16. The molecular formula is C14H17BrN2OS. The number of nitrogens with zero attached hydrogens (tertiary/aromatic N) is 1. The molecule has 0 spiro atoms. The summed E-state index contributed by atoms with van der Waals surface area (Å²) in [7, 11) is 1.77. The molecule has 0 radical (unpaired) electrons. The van der Waals surface area contributed by atoms with Crippen molar-refractivity contribution in [1.82, 2.24) is 9.55 Å². The molecule has 0 amide bonds. The number of hydrogen-bond donors (Lipinski definition) is 1. The average Bonchev–Trinajstić information content (AvgIpc) is 3.08. The van der Waals surface area contributed by atoms with Crippen LogP contribution in [-0.4, -0.2) is 23.3 Å². The van der Waals surface area contributed by atoms with Gasteiger partial charge in [0.05, 0.1) is 11.0 Å². The Morgan fingerprint density at radius 2 is 2.26 bits per heavy atom. The van der Waals surface area contributed by atoms with Crippen LogP contribution in [0.15, 0.2) is 22.7 Å². The lowest BCUT2D eigenvalue weighted by molar-refractivity contribution is 0.167. The van der Waals surface area contributed by atoms with Crippen molar-refractivity contribution >= 4 is 39.2 Å². The van der Waals surface area contributed by atoms with Gasteiger partial charge < -0.3 is 14.3 Å². The van der Waals surface area contributed by atoms with Crippen LogP contribution in [0.5, 0.6) is 0 Å². The predicted molar refractivity (Wildman–Crippen MR) is 83.0 cm³/mol. The van der Waals surface area contributed by atoms with Crippen LogP contribution in [-0.2, 0) is 11.3 Å². The summed E-state index contributed by atoms with van der Waals surface area (Å²) >= 11 is 8.96. The fraction of sp³-hybridized carbons (Fsp3) is 0.500. The number of methoxy groups -OCH3 is 1. The molecule has 0 atom stereocenters. The molecule has 2 aromatic rings. The molecule has 1 aliphatic rings. The number of H-pyrrole nitrogens is 1. The molecule has 102 valence electrons. The minimum atomic E-state index is 0.399. The summed E-state index contributed by atoms with van der Waals surface area (Å²) in [6.07, 6.45) is 3.68. The van der Waals surface area contributed by atoms with Crippen molar-refractivity contribution in [3.63, 3.8) is 0 Å². The minimum Gasteiger partial charge on any atom is -0.385 e. The zero-order valence-electron chi connectivity index (χ0n) is 10.9. The molecule has 3 nitrogen and oxygen atoms in total. The van der Waals surface area contributed by atoms with Gasteiger partial charge in [-0.2, -0.15) is 0 Å². The molecule has 0 unspecified atom stereocenters. The normalized spacial score (nSPS) is 16.9. The van der Waals surface area contributed by atoms with Crippen molar-refractivity contribution in [2.45, 2.75) is 25.8 Å². The Morgan fingerprint density at radius 1 is 1.47 bits per heavy atom. The zero-order chi connectivity index (χ0) is 13.5. The Hall–Kier alpha value is -0.650. The summed E-state index contributed by atoms with van der Waals surface area (Å²) in [5.41, 5.74) is 2.69. The molecule has 0 saturated heterocycles. The number of halogens is 1. The van der Waals surface area contributed by atoms with Crippen LogP contribution in [0.25, 0.3) is 11.0 Å². The minimum absolute atomic E-state index is 0.399. The van der Waals surface area contributed by atoms with Crippen LogP contribution in [0.3, 0.4) is 0 Å². The number of nitrogens with one attached hydrogen (secondary N) is 1. The lowest BCUT2D eigenvalue weighted by atomic mass is 10.0. The second-order valence-electron chi connectivity index (χ2n) is 5.42. The number of aromatic amines is 1. The van der Waals surface area contributed by atoms with E-state index in [4.69, 9.17) is 17.0 Å². The summed E-state index contributed by atoms with van der Waals surface area (Å²) in [6, 6.07) is 6.27. The zero-order valence-corrected chi connectivity index (χ0v) is 13.3. The van der Waals surface area contributed by atoms with Gasteiger partial charge in [0.2, 0.25) is 0 Å². The first kappa shape index (κ1) is 13.3. The van der Waals surface area contributed by atoms with E-state index in [0.29, 0.717) is 5.41 Å². The molecule has 5 heteroatoms. The molecule has 19 heavy (non-hydrogen) atoms. The number of hydrogen-bond acceptors (Lipinski definition) is 2. The van der Waals surface area contributed by atoms with Crippen LogP contribution in [0, 0.1) is 10.2 Å². The fourth-order valence-corrected chi connectivity index (χ4v) is 3.24. The van der Waals surface area contributed by atoms with Crippen molar-refractivity contribution in [3.05, 3.63) is 27.4 Å². The molecule has 1 aliphatic carbocycles. The number of imidazole rings is 1. The molecule has 1 aromatic heterocycles. The Balaban J connectivity index is 1.93. The fourth-order valence-electron chi connectivity index (χ4n) is 2.61. The van der Waals surface area contributed by atoms with Gasteiger partial charge >= 0.3 is 0 Å². The topological polar surface area (TPSA) is 29.9 Å². The number of benzene rings is 1. The van der Waals surface area contributed by atoms with Crippen LogP contribution >= 0.6 is 28.1 Å². The number of ether oxygens (including phenoxy) is 1. The third-order valence-electron chi connectivity index (χ3n) is 4.02. The van der Waals surface area contributed by atoms with Crippen LogP contribution in [0.4, 0.5) is 0 Å². The highest BCUT2D eigenvalue weighted by atomic mass is 79.9. The Bertz CT molecular complexity index is 657. The summed E-state index contributed by atoms with van der Waals surface area (Å²) in [6.45, 7) is 1.83. The van der Waals surface area contributed by atoms with E-state index in [1.54, 1.807) is 7.11 Å². The van der Waals surface area contributed by atoms with E-state index in [1.165, 1.54) is 18.4 Å². The highest BCUT2D eigenvalue weighted by Crippen LogP contribution is 2.50. The Labute approximate surface area is 126 Å². The van der Waals surface area contributed by atoms with E-state index >= 15 is 0 Å². The van der Waals surface area contributed by atoms with Crippen molar-refractivity contribution in [3.8, 4) is 0 Å². The molecule has 1 aromatic carbocycles. The summed E-state index contributed by atoms with van der Waals surface area (Å²) in [4.78, 5) is 3.29. The standard InChI is InChI=1S/C14H17BrN2OS/c1-18-7-6-14(4-5-14)9-17-12-3-2-10(15)8-11(12)16-13(17)19/h2-3,8H,4-7,9H2,1H3,(H,16,19). The third-order valence-corrected chi connectivity index (χ3v) is 4.84. The van der Waals surface area contributed by atoms with Crippen molar-refractivity contribution < 1.29 is 4.74 Å². The van der Waals surface area contributed by atoms with E-state index < -0.39 is 0 Å². The number of aromatic nitrogens is 2. The number of rotatable bonds is 5. The second kappa shape index (κ2) is 5.04. The van der Waals surface area contributed by atoms with Gasteiger partial charge in [0.15, 0.2) is 4.77 Å².